The van der Waals surface area contributed by atoms with Gasteiger partial charge in [0.2, 0.25) is 0 Å². The fraction of sp³-hybridized carbons (Fsp3) is 0.400. The Morgan fingerprint density at radius 1 is 1.29 bits per heavy atom. The zero-order valence-electron chi connectivity index (χ0n) is 10.4. The molecule has 1 unspecified atom stereocenters. The second kappa shape index (κ2) is 7.51. The van der Waals surface area contributed by atoms with Crippen molar-refractivity contribution in [1.82, 2.24) is 0 Å². The zero-order valence-corrected chi connectivity index (χ0v) is 10.4. The minimum atomic E-state index is -0.303. The quantitative estimate of drug-likeness (QED) is 0.585. The first kappa shape index (κ1) is 13.3. The van der Waals surface area contributed by atoms with E-state index in [-0.39, 0.29) is 12.1 Å². The van der Waals surface area contributed by atoms with Crippen LogP contribution in [0.5, 0.6) is 0 Å². The van der Waals surface area contributed by atoms with E-state index in [1.165, 1.54) is 0 Å². The molecule has 0 N–H and O–H groups in total. The smallest absolute Gasteiger partial charge is 0.339 e. The average molecular weight is 230 g/mol. The lowest BCUT2D eigenvalue weighted by molar-refractivity contribution is 0.0404. The van der Waals surface area contributed by atoms with Crippen LogP contribution >= 0.6 is 0 Å². The molecule has 0 radical (unpaired) electrons. The summed E-state index contributed by atoms with van der Waals surface area (Å²) >= 11 is 0. The van der Waals surface area contributed by atoms with Crippen LogP contribution in [0.15, 0.2) is 30.3 Å². The molecule has 0 saturated heterocycles. The van der Waals surface area contributed by atoms with Gasteiger partial charge in [-0.25, -0.2) is 4.79 Å². The van der Waals surface area contributed by atoms with Crippen LogP contribution in [-0.4, -0.2) is 12.1 Å². The maximum atomic E-state index is 11.8. The number of rotatable bonds is 4. The van der Waals surface area contributed by atoms with Crippen molar-refractivity contribution in [2.45, 2.75) is 39.2 Å². The molecule has 90 valence electrons. The predicted octanol–water partition coefficient (Wildman–Crippen LogP) is 3.43. The van der Waals surface area contributed by atoms with E-state index in [0.717, 1.165) is 19.3 Å². The summed E-state index contributed by atoms with van der Waals surface area (Å²) in [6.07, 6.45) is 2.29. The molecule has 0 aliphatic rings. The van der Waals surface area contributed by atoms with Crippen molar-refractivity contribution in [3.8, 4) is 11.8 Å². The third-order valence-corrected chi connectivity index (χ3v) is 2.27. The van der Waals surface area contributed by atoms with Gasteiger partial charge in [0.05, 0.1) is 5.56 Å². The molecular formula is C15H18O2. The van der Waals surface area contributed by atoms with Crippen LogP contribution in [0.4, 0.5) is 0 Å². The molecule has 0 aliphatic heterocycles. The molecule has 1 atom stereocenters. The average Bonchev–Trinajstić information content (AvgIpc) is 2.38. The van der Waals surface area contributed by atoms with Crippen LogP contribution in [0, 0.1) is 11.8 Å². The number of ether oxygens (including phenoxy) is 1. The SMILES string of the molecule is CCCC#CC(CC)OC(=O)c1ccccc1. The van der Waals surface area contributed by atoms with E-state index < -0.39 is 0 Å². The lowest BCUT2D eigenvalue weighted by Crippen LogP contribution is -2.15. The van der Waals surface area contributed by atoms with Gasteiger partial charge in [0, 0.05) is 6.42 Å². The van der Waals surface area contributed by atoms with E-state index in [9.17, 15) is 4.79 Å². The van der Waals surface area contributed by atoms with Crippen LogP contribution in [0.1, 0.15) is 43.5 Å². The fourth-order valence-corrected chi connectivity index (χ4v) is 1.30. The number of esters is 1. The zero-order chi connectivity index (χ0) is 12.5. The molecule has 1 rings (SSSR count). The number of unbranched alkanes of at least 4 members (excludes halogenated alkanes) is 1. The highest BCUT2D eigenvalue weighted by molar-refractivity contribution is 5.89. The Balaban J connectivity index is 2.58. The molecule has 0 aromatic heterocycles. The monoisotopic (exact) mass is 230 g/mol. The Labute approximate surface area is 103 Å². The van der Waals surface area contributed by atoms with Crippen molar-refractivity contribution in [1.29, 1.82) is 0 Å². The number of hydrogen-bond acceptors (Lipinski definition) is 2. The van der Waals surface area contributed by atoms with Gasteiger partial charge in [-0.1, -0.05) is 43.9 Å². The van der Waals surface area contributed by atoms with Gasteiger partial charge in [-0.15, -0.1) is 0 Å². The third-order valence-electron chi connectivity index (χ3n) is 2.27. The van der Waals surface area contributed by atoms with Gasteiger partial charge >= 0.3 is 5.97 Å². The van der Waals surface area contributed by atoms with Crippen LogP contribution in [0.2, 0.25) is 0 Å². The Bertz CT molecular complexity index is 398. The van der Waals surface area contributed by atoms with Crippen molar-refractivity contribution in [2.24, 2.45) is 0 Å². The van der Waals surface area contributed by atoms with E-state index in [0.29, 0.717) is 5.56 Å². The van der Waals surface area contributed by atoms with Gasteiger partial charge in [0.15, 0.2) is 6.10 Å². The minimum absolute atomic E-state index is 0.297. The first-order valence-corrected chi connectivity index (χ1v) is 6.02. The van der Waals surface area contributed by atoms with Crippen LogP contribution in [-0.2, 0) is 4.74 Å². The van der Waals surface area contributed by atoms with Crippen molar-refractivity contribution < 1.29 is 9.53 Å². The Morgan fingerprint density at radius 3 is 2.59 bits per heavy atom. The van der Waals surface area contributed by atoms with Crippen LogP contribution in [0.3, 0.4) is 0 Å². The normalized spacial score (nSPS) is 11.2. The van der Waals surface area contributed by atoms with Crippen LogP contribution < -0.4 is 0 Å². The van der Waals surface area contributed by atoms with Crippen molar-refractivity contribution in [3.63, 3.8) is 0 Å². The van der Waals surface area contributed by atoms with Gasteiger partial charge in [0.1, 0.15) is 0 Å². The molecule has 0 fully saturated rings. The highest BCUT2D eigenvalue weighted by atomic mass is 16.5. The molecule has 0 amide bonds. The maximum Gasteiger partial charge on any atom is 0.339 e. The topological polar surface area (TPSA) is 26.3 Å². The van der Waals surface area contributed by atoms with E-state index in [2.05, 4.69) is 18.8 Å². The van der Waals surface area contributed by atoms with Gasteiger partial charge in [-0.2, -0.15) is 0 Å². The molecule has 2 nitrogen and oxygen atoms in total. The summed E-state index contributed by atoms with van der Waals surface area (Å²) in [6, 6.07) is 9.00. The molecule has 0 aliphatic carbocycles. The summed E-state index contributed by atoms with van der Waals surface area (Å²) in [5, 5.41) is 0. The summed E-state index contributed by atoms with van der Waals surface area (Å²) in [5.41, 5.74) is 0.572. The standard InChI is InChI=1S/C15H18O2/c1-3-5-7-12-14(4-2)17-15(16)13-10-8-6-9-11-13/h6,8-11,14H,3-5H2,1-2H3. The lowest BCUT2D eigenvalue weighted by Gasteiger charge is -2.09. The Hall–Kier alpha value is -1.75. The van der Waals surface area contributed by atoms with Crippen molar-refractivity contribution in [3.05, 3.63) is 35.9 Å². The van der Waals surface area contributed by atoms with Crippen molar-refractivity contribution >= 4 is 5.97 Å². The van der Waals surface area contributed by atoms with E-state index in [1.807, 2.05) is 25.1 Å². The first-order valence-electron chi connectivity index (χ1n) is 6.02. The maximum absolute atomic E-state index is 11.8. The van der Waals surface area contributed by atoms with Gasteiger partial charge < -0.3 is 4.74 Å². The minimum Gasteiger partial charge on any atom is -0.446 e. The highest BCUT2D eigenvalue weighted by Gasteiger charge is 2.11. The largest absolute Gasteiger partial charge is 0.446 e. The molecule has 0 spiro atoms. The summed E-state index contributed by atoms with van der Waals surface area (Å²) < 4.78 is 5.32. The van der Waals surface area contributed by atoms with Gasteiger partial charge in [-0.3, -0.25) is 0 Å². The van der Waals surface area contributed by atoms with Crippen molar-refractivity contribution in [2.75, 3.05) is 0 Å². The van der Waals surface area contributed by atoms with Gasteiger partial charge in [-0.05, 0) is 25.0 Å². The lowest BCUT2D eigenvalue weighted by atomic mass is 10.2. The number of hydrogen-bond donors (Lipinski definition) is 0. The number of carbonyl (C=O) groups is 1. The molecule has 0 heterocycles. The number of carbonyl (C=O) groups excluding carboxylic acids is 1. The summed E-state index contributed by atoms with van der Waals surface area (Å²) in [5.74, 6) is 5.69. The van der Waals surface area contributed by atoms with E-state index in [4.69, 9.17) is 4.74 Å². The Kier molecular flexibility index (Phi) is 5.88. The first-order chi connectivity index (χ1) is 8.27. The summed E-state index contributed by atoms with van der Waals surface area (Å²) in [7, 11) is 0. The van der Waals surface area contributed by atoms with E-state index >= 15 is 0 Å². The molecule has 17 heavy (non-hydrogen) atoms. The fourth-order valence-electron chi connectivity index (χ4n) is 1.30. The molecular weight excluding hydrogens is 212 g/mol. The number of benzene rings is 1. The molecule has 1 aromatic carbocycles. The summed E-state index contributed by atoms with van der Waals surface area (Å²) in [6.45, 7) is 4.04. The third kappa shape index (κ3) is 4.74. The molecule has 2 heteroatoms. The predicted molar refractivity (Wildman–Crippen MR) is 68.6 cm³/mol. The van der Waals surface area contributed by atoms with Gasteiger partial charge in [0.25, 0.3) is 0 Å². The molecule has 0 saturated carbocycles. The highest BCUT2D eigenvalue weighted by Crippen LogP contribution is 2.05. The second-order valence-corrected chi connectivity index (χ2v) is 3.74. The Morgan fingerprint density at radius 2 is 2.00 bits per heavy atom. The summed E-state index contributed by atoms with van der Waals surface area (Å²) in [4.78, 5) is 11.8. The van der Waals surface area contributed by atoms with E-state index in [1.54, 1.807) is 12.1 Å². The second-order valence-electron chi connectivity index (χ2n) is 3.74. The molecule has 1 aromatic rings. The van der Waals surface area contributed by atoms with Crippen LogP contribution in [0.25, 0.3) is 0 Å². The molecule has 0 bridgehead atoms.